The third kappa shape index (κ3) is 5.02. The van der Waals surface area contributed by atoms with Gasteiger partial charge >= 0.3 is 0 Å². The van der Waals surface area contributed by atoms with Crippen molar-refractivity contribution in [3.63, 3.8) is 0 Å². The normalized spacial score (nSPS) is 26.0. The molecule has 0 spiro atoms. The highest BCUT2D eigenvalue weighted by Gasteiger charge is 2.46. The molecule has 1 aromatic carbocycles. The molecule has 2 aliphatic heterocycles. The number of nitrogens with one attached hydrogen (secondary N) is 4. The number of hydrogen-bond donors (Lipinski definition) is 4. The second kappa shape index (κ2) is 9.89. The minimum atomic E-state index is 0.146. The predicted octanol–water partition coefficient (Wildman–Crippen LogP) is 5.61. The summed E-state index contributed by atoms with van der Waals surface area (Å²) in [6, 6.07) is 11.9. The first-order chi connectivity index (χ1) is 19.4. The molecule has 0 radical (unpaired) electrons. The van der Waals surface area contributed by atoms with Crippen LogP contribution in [0, 0.1) is 24.2 Å². The molecule has 206 valence electrons. The Morgan fingerprint density at radius 2 is 2.02 bits per heavy atom. The third-order valence-corrected chi connectivity index (χ3v) is 8.70. The van der Waals surface area contributed by atoms with Gasteiger partial charge in [-0.2, -0.15) is 20.4 Å². The van der Waals surface area contributed by atoms with Gasteiger partial charge in [0.2, 0.25) is 5.95 Å². The van der Waals surface area contributed by atoms with Crippen molar-refractivity contribution in [2.24, 2.45) is 5.92 Å². The van der Waals surface area contributed by atoms with E-state index in [2.05, 4.69) is 73.3 Å². The summed E-state index contributed by atoms with van der Waals surface area (Å²) >= 11 is 0. The lowest BCUT2D eigenvalue weighted by molar-refractivity contribution is 0.0677. The van der Waals surface area contributed by atoms with E-state index in [0.717, 1.165) is 71.5 Å². The largest absolute Gasteiger partial charge is 0.351 e. The summed E-state index contributed by atoms with van der Waals surface area (Å²) in [6.45, 7) is 4.31. The lowest BCUT2D eigenvalue weighted by Gasteiger charge is -2.54. The molecule has 4 aromatic rings. The van der Waals surface area contributed by atoms with Gasteiger partial charge in [-0.3, -0.25) is 9.78 Å². The van der Waals surface area contributed by atoms with Crippen LogP contribution in [0.4, 0.5) is 17.6 Å². The summed E-state index contributed by atoms with van der Waals surface area (Å²) in [5, 5.41) is 33.0. The number of rotatable bonds is 8. The summed E-state index contributed by atoms with van der Waals surface area (Å²) in [4.78, 5) is 9.96. The number of fused-ring (bicyclic) bond motifs is 5. The molecule has 3 aromatic heterocycles. The Kier molecular flexibility index (Phi) is 6.19. The van der Waals surface area contributed by atoms with Gasteiger partial charge in [-0.05, 0) is 75.5 Å². The van der Waals surface area contributed by atoms with Crippen LogP contribution in [0.2, 0.25) is 0 Å². The quantitative estimate of drug-likeness (QED) is 0.228. The van der Waals surface area contributed by atoms with Gasteiger partial charge in [0, 0.05) is 53.0 Å². The Morgan fingerprint density at radius 3 is 2.80 bits per heavy atom. The second-order valence-corrected chi connectivity index (χ2v) is 12.2. The maximum Gasteiger partial charge on any atom is 0.225 e. The Balaban J connectivity index is 1.18. The van der Waals surface area contributed by atoms with Gasteiger partial charge in [-0.1, -0.05) is 13.0 Å². The molecule has 2 saturated heterocycles. The van der Waals surface area contributed by atoms with Crippen LogP contribution >= 0.6 is 0 Å². The van der Waals surface area contributed by atoms with Crippen molar-refractivity contribution in [3.8, 4) is 17.2 Å². The third-order valence-electron chi connectivity index (χ3n) is 8.70. The van der Waals surface area contributed by atoms with Crippen molar-refractivity contribution in [1.82, 2.24) is 35.3 Å². The molecule has 10 nitrogen and oxygen atoms in total. The number of hydrogen-bond acceptors (Lipinski definition) is 8. The van der Waals surface area contributed by atoms with Crippen LogP contribution in [-0.2, 0) is 0 Å². The monoisotopic (exact) mass is 536 g/mol. The van der Waals surface area contributed by atoms with Gasteiger partial charge < -0.3 is 16.0 Å². The number of nitriles is 1. The Bertz CT molecular complexity index is 1570. The molecule has 0 amide bonds. The van der Waals surface area contributed by atoms with Crippen LogP contribution in [0.5, 0.6) is 0 Å². The maximum atomic E-state index is 9.11. The zero-order valence-electron chi connectivity index (χ0n) is 23.1. The molecule has 2 aliphatic carbocycles. The van der Waals surface area contributed by atoms with E-state index in [1.807, 2.05) is 19.2 Å². The van der Waals surface area contributed by atoms with Gasteiger partial charge in [0.25, 0.3) is 0 Å². The number of H-pyrrole nitrogens is 1. The fourth-order valence-corrected chi connectivity index (χ4v) is 6.81. The number of nitrogens with zero attached hydrogens (tertiary/aromatic N) is 6. The lowest BCUT2D eigenvalue weighted by atomic mass is 9.68. The van der Waals surface area contributed by atoms with Crippen LogP contribution < -0.4 is 16.0 Å². The highest BCUT2D eigenvalue weighted by molar-refractivity contribution is 5.94. The SMILES string of the molecule is Cc1cc(Nc2nc(N[C@H]3C[C@@H](C)CC4(CCC#N)C[C@H](C3)N4)nc3cc(-c4cnn(C5CC5)c4)ccc23)n[nH]1. The van der Waals surface area contributed by atoms with Crippen LogP contribution in [-0.4, -0.2) is 47.6 Å². The Hall–Kier alpha value is -3.97. The number of aromatic nitrogens is 6. The van der Waals surface area contributed by atoms with E-state index < -0.39 is 0 Å². The van der Waals surface area contributed by atoms with Gasteiger partial charge in [0.05, 0.1) is 23.8 Å². The van der Waals surface area contributed by atoms with Crippen molar-refractivity contribution in [3.05, 3.63) is 42.4 Å². The molecule has 2 saturated carbocycles. The first-order valence-electron chi connectivity index (χ1n) is 14.5. The van der Waals surface area contributed by atoms with Crippen LogP contribution in [0.3, 0.4) is 0 Å². The summed E-state index contributed by atoms with van der Waals surface area (Å²) in [5.41, 5.74) is 4.20. The average Bonchev–Trinajstić information content (AvgIpc) is 3.48. The minimum Gasteiger partial charge on any atom is -0.351 e. The van der Waals surface area contributed by atoms with E-state index in [4.69, 9.17) is 15.2 Å². The first-order valence-corrected chi connectivity index (χ1v) is 14.5. The molecular formula is C30H36N10. The summed E-state index contributed by atoms with van der Waals surface area (Å²) in [6.07, 6.45) is 12.4. The molecule has 40 heavy (non-hydrogen) atoms. The van der Waals surface area contributed by atoms with E-state index in [1.54, 1.807) is 0 Å². The molecule has 1 unspecified atom stereocenters. The van der Waals surface area contributed by atoms with Crippen molar-refractivity contribution < 1.29 is 0 Å². The second-order valence-electron chi connectivity index (χ2n) is 12.2. The first kappa shape index (κ1) is 25.0. The maximum absolute atomic E-state index is 9.11. The van der Waals surface area contributed by atoms with Gasteiger partial charge in [-0.15, -0.1) is 0 Å². The Labute approximate surface area is 234 Å². The average molecular weight is 537 g/mol. The van der Waals surface area contributed by atoms with Crippen molar-refractivity contribution in [1.29, 1.82) is 5.26 Å². The van der Waals surface area contributed by atoms with E-state index >= 15 is 0 Å². The number of benzene rings is 1. The number of aromatic amines is 1. The molecule has 10 heteroatoms. The lowest BCUT2D eigenvalue weighted by Crippen LogP contribution is -2.66. The zero-order chi connectivity index (χ0) is 27.3. The van der Waals surface area contributed by atoms with Crippen molar-refractivity contribution in [2.75, 3.05) is 10.6 Å². The topological polar surface area (TPSA) is 132 Å². The molecule has 4 atom stereocenters. The minimum absolute atomic E-state index is 0.146. The van der Waals surface area contributed by atoms with Crippen LogP contribution in [0.15, 0.2) is 36.7 Å². The van der Waals surface area contributed by atoms with Gasteiger partial charge in [0.1, 0.15) is 5.82 Å². The number of anilines is 3. The Morgan fingerprint density at radius 1 is 1.15 bits per heavy atom. The van der Waals surface area contributed by atoms with E-state index in [9.17, 15) is 0 Å². The molecule has 4 fully saturated rings. The summed E-state index contributed by atoms with van der Waals surface area (Å²) in [7, 11) is 0. The molecule has 4 N–H and O–H groups in total. The smallest absolute Gasteiger partial charge is 0.225 e. The van der Waals surface area contributed by atoms with E-state index in [1.165, 1.54) is 12.8 Å². The standard InChI is InChI=1S/C30H36N10/c1-18-10-22(13-23-15-30(14-18,37-23)8-3-9-31)33-29-34-26-12-20(21-16-32-40(17-21)24-5-6-24)4-7-25(26)28(36-29)35-27-11-19(2)38-39-27/h4,7,11-12,16-18,22-24,37H,3,5-6,8,10,13-15H2,1-2H3,(H3,33,34,35,36,38,39)/t18-,22+,23+,30?/m1/s1. The van der Waals surface area contributed by atoms with Gasteiger partial charge in [-0.25, -0.2) is 4.98 Å². The predicted molar refractivity (Wildman–Crippen MR) is 155 cm³/mol. The molecule has 8 rings (SSSR count). The van der Waals surface area contributed by atoms with Crippen molar-refractivity contribution >= 4 is 28.5 Å². The molecule has 2 bridgehead atoms. The van der Waals surface area contributed by atoms with Crippen molar-refractivity contribution in [2.45, 2.75) is 88.9 Å². The van der Waals surface area contributed by atoms with E-state index in [0.29, 0.717) is 30.4 Å². The number of aryl methyl sites for hydroxylation is 1. The highest BCUT2D eigenvalue weighted by Crippen LogP contribution is 2.41. The zero-order valence-corrected chi connectivity index (χ0v) is 23.1. The summed E-state index contributed by atoms with van der Waals surface area (Å²) < 4.78 is 2.08. The van der Waals surface area contributed by atoms with E-state index in [-0.39, 0.29) is 11.6 Å². The fourth-order valence-electron chi connectivity index (χ4n) is 6.81. The van der Waals surface area contributed by atoms with Crippen LogP contribution in [0.25, 0.3) is 22.0 Å². The molecule has 4 aliphatic rings. The molecule has 5 heterocycles. The van der Waals surface area contributed by atoms with Crippen LogP contribution in [0.1, 0.15) is 70.0 Å². The fraction of sp³-hybridized carbons (Fsp3) is 0.500. The van der Waals surface area contributed by atoms with Gasteiger partial charge in [0.15, 0.2) is 5.82 Å². The summed E-state index contributed by atoms with van der Waals surface area (Å²) in [5.74, 6) is 2.62. The highest BCUT2D eigenvalue weighted by atomic mass is 15.3. The molecular weight excluding hydrogens is 500 g/mol.